The quantitative estimate of drug-likeness (QED) is 0.826. The van der Waals surface area contributed by atoms with Gasteiger partial charge in [0.1, 0.15) is 5.75 Å². The lowest BCUT2D eigenvalue weighted by Crippen LogP contribution is -2.42. The van der Waals surface area contributed by atoms with Gasteiger partial charge in [-0.05, 0) is 43.5 Å². The standard InChI is InChI=1S/C21H25N3O4/c25-21(23-18-13-15-3-6-17(18)22-15)14-1-4-16(5-2-14)27-20-8-7-19(28-20)24-9-11-26-12-10-24/h1-2,4-5,7-8,15,17-18,22H,3,6,9-13H2,(H,23,25). The van der Waals surface area contributed by atoms with E-state index in [1.165, 1.54) is 6.42 Å². The molecule has 7 heteroatoms. The summed E-state index contributed by atoms with van der Waals surface area (Å²) >= 11 is 0. The smallest absolute Gasteiger partial charge is 0.291 e. The molecule has 3 saturated heterocycles. The van der Waals surface area contributed by atoms with E-state index in [1.807, 2.05) is 12.1 Å². The van der Waals surface area contributed by atoms with Crippen molar-refractivity contribution in [3.8, 4) is 11.7 Å². The van der Waals surface area contributed by atoms with Crippen molar-refractivity contribution in [1.82, 2.24) is 10.6 Å². The number of ether oxygens (including phenoxy) is 2. The summed E-state index contributed by atoms with van der Waals surface area (Å²) in [5.74, 6) is 1.83. The third-order valence-corrected chi connectivity index (χ3v) is 5.84. The zero-order chi connectivity index (χ0) is 18.9. The fourth-order valence-corrected chi connectivity index (χ4v) is 4.34. The lowest BCUT2D eigenvalue weighted by atomic mass is 9.95. The number of fused-ring (bicyclic) bond motifs is 2. The molecule has 3 aliphatic rings. The van der Waals surface area contributed by atoms with Crippen LogP contribution in [0.4, 0.5) is 5.88 Å². The molecule has 3 unspecified atom stereocenters. The fourth-order valence-electron chi connectivity index (χ4n) is 4.34. The van der Waals surface area contributed by atoms with Gasteiger partial charge >= 0.3 is 0 Å². The SMILES string of the molecule is O=C(NC1CC2CCC1N2)c1ccc(Oc2ccc(N3CCOCC3)o2)cc1. The Balaban J connectivity index is 1.18. The van der Waals surface area contributed by atoms with Crippen LogP contribution in [-0.2, 0) is 4.74 Å². The highest BCUT2D eigenvalue weighted by Gasteiger charge is 2.39. The lowest BCUT2D eigenvalue weighted by Gasteiger charge is -2.25. The summed E-state index contributed by atoms with van der Waals surface area (Å²) in [5.41, 5.74) is 0.642. The molecule has 2 bridgehead atoms. The summed E-state index contributed by atoms with van der Waals surface area (Å²) in [7, 11) is 0. The summed E-state index contributed by atoms with van der Waals surface area (Å²) in [6.07, 6.45) is 3.41. The molecule has 1 aromatic carbocycles. The van der Waals surface area contributed by atoms with E-state index in [0.717, 1.165) is 31.8 Å². The van der Waals surface area contributed by atoms with Gasteiger partial charge in [0.15, 0.2) is 5.88 Å². The second kappa shape index (κ2) is 7.48. The molecule has 0 saturated carbocycles. The molecule has 2 aromatic rings. The van der Waals surface area contributed by atoms with Crippen molar-refractivity contribution in [3.63, 3.8) is 0 Å². The monoisotopic (exact) mass is 383 g/mol. The van der Waals surface area contributed by atoms with Gasteiger partial charge in [0.25, 0.3) is 11.9 Å². The third kappa shape index (κ3) is 3.59. The number of hydrogen-bond donors (Lipinski definition) is 2. The van der Waals surface area contributed by atoms with Crippen molar-refractivity contribution < 1.29 is 18.7 Å². The van der Waals surface area contributed by atoms with Gasteiger partial charge in [-0.2, -0.15) is 0 Å². The van der Waals surface area contributed by atoms with Gasteiger partial charge in [-0.3, -0.25) is 4.79 Å². The molecule has 3 atom stereocenters. The molecule has 2 N–H and O–H groups in total. The van der Waals surface area contributed by atoms with Gasteiger partial charge in [-0.25, -0.2) is 0 Å². The Hall–Kier alpha value is -2.51. The number of benzene rings is 1. The summed E-state index contributed by atoms with van der Waals surface area (Å²) in [4.78, 5) is 14.6. The first-order valence-corrected chi connectivity index (χ1v) is 10.0. The molecule has 148 valence electrons. The molecule has 28 heavy (non-hydrogen) atoms. The average Bonchev–Trinajstić information content (AvgIpc) is 3.46. The molecular weight excluding hydrogens is 358 g/mol. The molecule has 0 aliphatic carbocycles. The highest BCUT2D eigenvalue weighted by Crippen LogP contribution is 2.30. The maximum absolute atomic E-state index is 12.5. The zero-order valence-corrected chi connectivity index (χ0v) is 15.7. The topological polar surface area (TPSA) is 76.0 Å². The van der Waals surface area contributed by atoms with Crippen LogP contribution in [0.1, 0.15) is 29.6 Å². The highest BCUT2D eigenvalue weighted by molar-refractivity contribution is 5.94. The van der Waals surface area contributed by atoms with Crippen molar-refractivity contribution in [2.45, 2.75) is 37.4 Å². The van der Waals surface area contributed by atoms with E-state index < -0.39 is 0 Å². The Morgan fingerprint density at radius 1 is 1.11 bits per heavy atom. The number of furan rings is 1. The van der Waals surface area contributed by atoms with Gasteiger partial charge in [0.2, 0.25) is 0 Å². The molecule has 4 heterocycles. The van der Waals surface area contributed by atoms with E-state index in [4.69, 9.17) is 13.9 Å². The van der Waals surface area contributed by atoms with E-state index >= 15 is 0 Å². The van der Waals surface area contributed by atoms with Crippen LogP contribution in [0.3, 0.4) is 0 Å². The molecule has 1 amide bonds. The van der Waals surface area contributed by atoms with Crippen molar-refractivity contribution in [2.24, 2.45) is 0 Å². The number of amides is 1. The maximum atomic E-state index is 12.5. The first-order chi connectivity index (χ1) is 13.7. The van der Waals surface area contributed by atoms with E-state index in [-0.39, 0.29) is 11.9 Å². The number of anilines is 1. The Labute approximate surface area is 164 Å². The van der Waals surface area contributed by atoms with Crippen LogP contribution in [0.2, 0.25) is 0 Å². The van der Waals surface area contributed by atoms with Crippen LogP contribution >= 0.6 is 0 Å². The van der Waals surface area contributed by atoms with Crippen LogP contribution in [0.5, 0.6) is 11.7 Å². The molecule has 3 fully saturated rings. The first-order valence-electron chi connectivity index (χ1n) is 10.0. The maximum Gasteiger partial charge on any atom is 0.291 e. The zero-order valence-electron chi connectivity index (χ0n) is 15.7. The number of carbonyl (C=O) groups excluding carboxylic acids is 1. The van der Waals surface area contributed by atoms with E-state index in [9.17, 15) is 4.79 Å². The summed E-state index contributed by atoms with van der Waals surface area (Å²) in [6.45, 7) is 3.04. The third-order valence-electron chi connectivity index (χ3n) is 5.84. The fraction of sp³-hybridized carbons (Fsp3) is 0.476. The van der Waals surface area contributed by atoms with Gasteiger partial charge < -0.3 is 29.4 Å². The summed E-state index contributed by atoms with van der Waals surface area (Å²) in [5, 5.41) is 6.70. The number of morpholine rings is 1. The normalized spacial score (nSPS) is 26.4. The Kier molecular flexibility index (Phi) is 4.70. The van der Waals surface area contributed by atoms with Crippen molar-refractivity contribution in [2.75, 3.05) is 31.2 Å². The molecule has 0 spiro atoms. The van der Waals surface area contributed by atoms with Gasteiger partial charge in [0.05, 0.1) is 13.2 Å². The Bertz CT molecular complexity index is 828. The van der Waals surface area contributed by atoms with E-state index in [1.54, 1.807) is 24.3 Å². The molecule has 7 nitrogen and oxygen atoms in total. The summed E-state index contributed by atoms with van der Waals surface area (Å²) in [6, 6.07) is 12.1. The predicted octanol–water partition coefficient (Wildman–Crippen LogP) is 2.53. The number of nitrogens with zero attached hydrogens (tertiary/aromatic N) is 1. The Morgan fingerprint density at radius 3 is 2.64 bits per heavy atom. The number of rotatable bonds is 5. The average molecular weight is 383 g/mol. The van der Waals surface area contributed by atoms with Gasteiger partial charge in [-0.1, -0.05) is 0 Å². The largest absolute Gasteiger partial charge is 0.426 e. The van der Waals surface area contributed by atoms with Crippen molar-refractivity contribution in [1.29, 1.82) is 0 Å². The first kappa shape index (κ1) is 17.6. The molecular formula is C21H25N3O4. The van der Waals surface area contributed by atoms with Gasteiger partial charge in [-0.15, -0.1) is 0 Å². The van der Waals surface area contributed by atoms with Crippen LogP contribution in [-0.4, -0.2) is 50.3 Å². The second-order valence-corrected chi connectivity index (χ2v) is 7.68. The van der Waals surface area contributed by atoms with E-state index in [0.29, 0.717) is 42.6 Å². The number of hydrogen-bond acceptors (Lipinski definition) is 6. The van der Waals surface area contributed by atoms with Crippen LogP contribution < -0.4 is 20.3 Å². The van der Waals surface area contributed by atoms with Crippen LogP contribution in [0.25, 0.3) is 0 Å². The number of carbonyl (C=O) groups is 1. The molecule has 5 rings (SSSR count). The van der Waals surface area contributed by atoms with E-state index in [2.05, 4.69) is 15.5 Å². The van der Waals surface area contributed by atoms with Crippen LogP contribution in [0.15, 0.2) is 40.8 Å². The molecule has 1 aromatic heterocycles. The highest BCUT2D eigenvalue weighted by atomic mass is 16.6. The molecule has 3 aliphatic heterocycles. The molecule has 0 radical (unpaired) electrons. The van der Waals surface area contributed by atoms with Crippen molar-refractivity contribution in [3.05, 3.63) is 42.0 Å². The minimum absolute atomic E-state index is 0.0292. The van der Waals surface area contributed by atoms with Gasteiger partial charge in [0, 0.05) is 48.9 Å². The lowest BCUT2D eigenvalue weighted by molar-refractivity contribution is 0.0931. The Morgan fingerprint density at radius 2 is 1.93 bits per heavy atom. The van der Waals surface area contributed by atoms with Crippen LogP contribution in [0, 0.1) is 0 Å². The predicted molar refractivity (Wildman–Crippen MR) is 104 cm³/mol. The second-order valence-electron chi connectivity index (χ2n) is 7.68. The minimum Gasteiger partial charge on any atom is -0.426 e. The number of nitrogens with one attached hydrogen (secondary N) is 2. The minimum atomic E-state index is -0.0292. The summed E-state index contributed by atoms with van der Waals surface area (Å²) < 4.78 is 16.9. The van der Waals surface area contributed by atoms with Crippen molar-refractivity contribution >= 4 is 11.8 Å².